The fourth-order valence-corrected chi connectivity index (χ4v) is 4.46. The maximum atomic E-state index is 12.3. The summed E-state index contributed by atoms with van der Waals surface area (Å²) in [5.41, 5.74) is 6.85. The van der Waals surface area contributed by atoms with Crippen molar-refractivity contribution in [3.05, 3.63) is 46.2 Å². The molecule has 0 radical (unpaired) electrons. The van der Waals surface area contributed by atoms with E-state index >= 15 is 0 Å². The van der Waals surface area contributed by atoms with E-state index in [9.17, 15) is 8.42 Å². The van der Waals surface area contributed by atoms with E-state index in [0.29, 0.717) is 15.5 Å². The third-order valence-corrected chi connectivity index (χ3v) is 5.34. The van der Waals surface area contributed by atoms with Gasteiger partial charge in [-0.1, -0.05) is 18.2 Å². The number of benzene rings is 1. The van der Waals surface area contributed by atoms with Crippen LogP contribution in [-0.4, -0.2) is 8.42 Å². The van der Waals surface area contributed by atoms with Crippen molar-refractivity contribution in [3.63, 3.8) is 0 Å². The molecule has 0 aliphatic carbocycles. The van der Waals surface area contributed by atoms with Crippen LogP contribution in [-0.2, 0) is 16.6 Å². The lowest BCUT2D eigenvalue weighted by Gasteiger charge is -2.09. The number of aryl methyl sites for hydroxylation is 1. The zero-order valence-electron chi connectivity index (χ0n) is 9.88. The number of anilines is 1. The summed E-state index contributed by atoms with van der Waals surface area (Å²) in [7, 11) is -3.56. The van der Waals surface area contributed by atoms with Gasteiger partial charge in [0.15, 0.2) is 0 Å². The normalized spacial score (nSPS) is 11.4. The molecule has 4 nitrogen and oxygen atoms in total. The molecule has 96 valence electrons. The topological polar surface area (TPSA) is 72.2 Å². The second-order valence-electron chi connectivity index (χ2n) is 3.85. The Morgan fingerprint density at radius 2 is 1.94 bits per heavy atom. The molecule has 0 saturated heterocycles. The Hall–Kier alpha value is -1.37. The summed E-state index contributed by atoms with van der Waals surface area (Å²) in [5.74, 6) is 0. The summed E-state index contributed by atoms with van der Waals surface area (Å²) in [6.45, 7) is 2.00. The van der Waals surface area contributed by atoms with Crippen LogP contribution in [0.3, 0.4) is 0 Å². The predicted octanol–water partition coefficient (Wildman–Crippen LogP) is 2.32. The smallest absolute Gasteiger partial charge is 0.263 e. The molecule has 0 atom stereocenters. The first kappa shape index (κ1) is 13.1. The zero-order valence-corrected chi connectivity index (χ0v) is 11.5. The Bertz CT molecular complexity index is 633. The van der Waals surface area contributed by atoms with Gasteiger partial charge < -0.3 is 5.73 Å². The zero-order chi connectivity index (χ0) is 13.2. The average Bonchev–Trinajstić information content (AvgIpc) is 2.72. The minimum atomic E-state index is -3.56. The van der Waals surface area contributed by atoms with Crippen molar-refractivity contribution in [3.8, 4) is 0 Å². The van der Waals surface area contributed by atoms with Crippen LogP contribution < -0.4 is 10.5 Å². The van der Waals surface area contributed by atoms with Crippen LogP contribution in [0.5, 0.6) is 0 Å². The molecule has 18 heavy (non-hydrogen) atoms. The van der Waals surface area contributed by atoms with E-state index in [1.54, 1.807) is 31.2 Å². The number of nitrogens with two attached hydrogens (primary N) is 1. The fourth-order valence-electron chi connectivity index (χ4n) is 1.70. The summed E-state index contributed by atoms with van der Waals surface area (Å²) in [4.78, 5) is 0.981. The summed E-state index contributed by atoms with van der Waals surface area (Å²) in [5, 5.41) is 1.81. The predicted molar refractivity (Wildman–Crippen MR) is 74.2 cm³/mol. The molecule has 6 heteroatoms. The standard InChI is InChI=1S/C12H14N2O2S2/c1-9-8-17-11(7-13)12(9)18(15,16)14-10-5-3-2-4-6-10/h2-6,8,14H,7,13H2,1H3. The van der Waals surface area contributed by atoms with Gasteiger partial charge in [0.2, 0.25) is 0 Å². The molecule has 0 saturated carbocycles. The van der Waals surface area contributed by atoms with Crippen LogP contribution in [0.1, 0.15) is 10.4 Å². The number of rotatable bonds is 4. The first-order valence-corrected chi connectivity index (χ1v) is 7.76. The van der Waals surface area contributed by atoms with Crippen LogP contribution in [0.4, 0.5) is 5.69 Å². The van der Waals surface area contributed by atoms with E-state index < -0.39 is 10.0 Å². The van der Waals surface area contributed by atoms with E-state index in [4.69, 9.17) is 5.73 Å². The molecule has 1 heterocycles. The number of hydrogen-bond acceptors (Lipinski definition) is 4. The molecule has 2 aromatic rings. The molecule has 1 aromatic heterocycles. The number of thiophene rings is 1. The molecule has 0 aliphatic rings. The molecule has 0 fully saturated rings. The molecule has 0 spiro atoms. The largest absolute Gasteiger partial charge is 0.326 e. The van der Waals surface area contributed by atoms with Gasteiger partial charge in [-0.25, -0.2) is 8.42 Å². The quantitative estimate of drug-likeness (QED) is 0.904. The Labute approximate surface area is 111 Å². The lowest BCUT2D eigenvalue weighted by Crippen LogP contribution is -2.15. The first-order chi connectivity index (χ1) is 8.54. The third kappa shape index (κ3) is 2.55. The lowest BCUT2D eigenvalue weighted by molar-refractivity contribution is 0.600. The van der Waals surface area contributed by atoms with Gasteiger partial charge in [0, 0.05) is 17.1 Å². The van der Waals surface area contributed by atoms with E-state index in [2.05, 4.69) is 4.72 Å². The Balaban J connectivity index is 2.40. The van der Waals surface area contributed by atoms with Gasteiger partial charge in [0.1, 0.15) is 4.90 Å². The van der Waals surface area contributed by atoms with Gasteiger partial charge in [-0.2, -0.15) is 0 Å². The molecule has 1 aromatic carbocycles. The van der Waals surface area contributed by atoms with Crippen LogP contribution in [0.15, 0.2) is 40.6 Å². The summed E-state index contributed by atoms with van der Waals surface area (Å²) in [6, 6.07) is 8.81. The van der Waals surface area contributed by atoms with E-state index in [-0.39, 0.29) is 6.54 Å². The molecule has 2 rings (SSSR count). The highest BCUT2D eigenvalue weighted by Gasteiger charge is 2.22. The van der Waals surface area contributed by atoms with Crippen molar-refractivity contribution >= 4 is 27.0 Å². The molecule has 0 bridgehead atoms. The van der Waals surface area contributed by atoms with Crippen LogP contribution in [0, 0.1) is 6.92 Å². The van der Waals surface area contributed by atoms with Crippen molar-refractivity contribution in [2.24, 2.45) is 5.73 Å². The van der Waals surface area contributed by atoms with Gasteiger partial charge in [-0.3, -0.25) is 4.72 Å². The molecular weight excluding hydrogens is 268 g/mol. The molecule has 3 N–H and O–H groups in total. The minimum Gasteiger partial charge on any atom is -0.326 e. The van der Waals surface area contributed by atoms with Crippen molar-refractivity contribution in [2.75, 3.05) is 4.72 Å². The number of hydrogen-bond donors (Lipinski definition) is 2. The van der Waals surface area contributed by atoms with Gasteiger partial charge in [-0.15, -0.1) is 11.3 Å². The highest BCUT2D eigenvalue weighted by atomic mass is 32.2. The number of nitrogens with one attached hydrogen (secondary N) is 1. The maximum Gasteiger partial charge on any atom is 0.263 e. The highest BCUT2D eigenvalue weighted by Crippen LogP contribution is 2.28. The first-order valence-electron chi connectivity index (χ1n) is 5.39. The highest BCUT2D eigenvalue weighted by molar-refractivity contribution is 7.93. The molecule has 0 unspecified atom stereocenters. The van der Waals surface area contributed by atoms with Crippen molar-refractivity contribution < 1.29 is 8.42 Å². The van der Waals surface area contributed by atoms with Crippen LogP contribution in [0.25, 0.3) is 0 Å². The third-order valence-electron chi connectivity index (χ3n) is 2.47. The Morgan fingerprint density at radius 1 is 1.28 bits per heavy atom. The summed E-state index contributed by atoms with van der Waals surface area (Å²) < 4.78 is 27.2. The Kier molecular flexibility index (Phi) is 3.70. The van der Waals surface area contributed by atoms with E-state index in [0.717, 1.165) is 5.56 Å². The SMILES string of the molecule is Cc1csc(CN)c1S(=O)(=O)Nc1ccccc1. The van der Waals surface area contributed by atoms with Gasteiger partial charge >= 0.3 is 0 Å². The van der Waals surface area contributed by atoms with E-state index in [1.165, 1.54) is 11.3 Å². The van der Waals surface area contributed by atoms with E-state index in [1.807, 2.05) is 11.4 Å². The molecular formula is C12H14N2O2S2. The van der Waals surface area contributed by atoms with Crippen LogP contribution in [0.2, 0.25) is 0 Å². The molecule has 0 aliphatic heterocycles. The summed E-state index contributed by atoms with van der Waals surface area (Å²) >= 11 is 1.37. The van der Waals surface area contributed by atoms with Gasteiger partial charge in [0.05, 0.1) is 0 Å². The number of para-hydroxylation sites is 1. The van der Waals surface area contributed by atoms with Gasteiger partial charge in [-0.05, 0) is 30.0 Å². The second kappa shape index (κ2) is 5.09. The van der Waals surface area contributed by atoms with Crippen molar-refractivity contribution in [1.82, 2.24) is 0 Å². The average molecular weight is 282 g/mol. The Morgan fingerprint density at radius 3 is 2.56 bits per heavy atom. The number of sulfonamides is 1. The maximum absolute atomic E-state index is 12.3. The lowest BCUT2D eigenvalue weighted by atomic mass is 10.3. The fraction of sp³-hybridized carbons (Fsp3) is 0.167. The van der Waals surface area contributed by atoms with Gasteiger partial charge in [0.25, 0.3) is 10.0 Å². The minimum absolute atomic E-state index is 0.226. The summed E-state index contributed by atoms with van der Waals surface area (Å²) in [6.07, 6.45) is 0. The monoisotopic (exact) mass is 282 g/mol. The molecule has 0 amide bonds. The second-order valence-corrected chi connectivity index (χ2v) is 6.43. The van der Waals surface area contributed by atoms with Crippen molar-refractivity contribution in [2.45, 2.75) is 18.4 Å². The van der Waals surface area contributed by atoms with Crippen LogP contribution >= 0.6 is 11.3 Å². The van der Waals surface area contributed by atoms with Crippen molar-refractivity contribution in [1.29, 1.82) is 0 Å².